The monoisotopic (exact) mass is 691 g/mol. The van der Waals surface area contributed by atoms with Gasteiger partial charge in [0.1, 0.15) is 17.2 Å². The van der Waals surface area contributed by atoms with Gasteiger partial charge in [0.15, 0.2) is 23.1 Å². The van der Waals surface area contributed by atoms with Crippen molar-refractivity contribution in [2.24, 2.45) is 13.0 Å². The summed E-state index contributed by atoms with van der Waals surface area (Å²) in [6.07, 6.45) is 5.12. The Morgan fingerprint density at radius 3 is 2.55 bits per heavy atom. The molecule has 1 N–H and O–H groups in total. The summed E-state index contributed by atoms with van der Waals surface area (Å²) in [5.74, 6) is 0.227. The van der Waals surface area contributed by atoms with Gasteiger partial charge < -0.3 is 23.9 Å². The second-order valence-electron chi connectivity index (χ2n) is 13.1. The van der Waals surface area contributed by atoms with E-state index in [1.165, 1.54) is 40.3 Å². The fraction of sp³-hybridized carbons (Fsp3) is 0.297. The molecule has 0 saturated heterocycles. The molecule has 0 bridgehead atoms. The van der Waals surface area contributed by atoms with E-state index < -0.39 is 23.3 Å². The van der Waals surface area contributed by atoms with E-state index in [0.717, 1.165) is 4.57 Å². The number of carbonyl (C=O) groups is 2. The number of methoxy groups -OCH3 is 2. The van der Waals surface area contributed by atoms with Crippen molar-refractivity contribution in [2.75, 3.05) is 14.2 Å². The standard InChI is InChI=1S/C37H33N5O9/c1-18-11-28(44)33-23(34(18)45)14-26-22(32(33)20-12-19-13-21(43)5-6-29(19)51-17-20)7-10-41-36(47)40(37(48)42(26)41)9-8-24-35(46)39(2)27-16-31(50-4)30(49-3)15-25(27)38-24/h5-7,11,13,15-17,26,32,43H,8-10,12,14H2,1-4H3/t26-,32+/m1/s1. The number of ketones is 2. The van der Waals surface area contributed by atoms with Crippen LogP contribution in [0.2, 0.25) is 0 Å². The number of hydrogen-bond acceptors (Lipinski definition) is 10. The first-order chi connectivity index (χ1) is 24.5. The van der Waals surface area contributed by atoms with Crippen LogP contribution >= 0.6 is 0 Å². The fourth-order valence-electron chi connectivity index (χ4n) is 7.79. The summed E-state index contributed by atoms with van der Waals surface area (Å²) in [5, 5.41) is 10.2. The van der Waals surface area contributed by atoms with Crippen molar-refractivity contribution < 1.29 is 28.9 Å². The number of rotatable bonds is 6. The smallest absolute Gasteiger partial charge is 0.347 e. The van der Waals surface area contributed by atoms with Gasteiger partial charge in [-0.15, -0.1) is 0 Å². The Kier molecular flexibility index (Phi) is 7.36. The molecule has 2 aromatic heterocycles. The number of allylic oxidation sites excluding steroid dienone is 7. The van der Waals surface area contributed by atoms with Crippen LogP contribution < -0.4 is 31.1 Å². The Bertz CT molecular complexity index is 2560. The van der Waals surface area contributed by atoms with Crippen LogP contribution in [0.4, 0.5) is 0 Å². The molecule has 260 valence electrons. The lowest BCUT2D eigenvalue weighted by Crippen LogP contribution is -2.42. The molecular formula is C37H33N5O9. The van der Waals surface area contributed by atoms with E-state index >= 15 is 0 Å². The number of carbonyl (C=O) groups excluding carboxylic acids is 2. The highest BCUT2D eigenvalue weighted by Gasteiger charge is 2.46. The topological polar surface area (TPSA) is 166 Å². The van der Waals surface area contributed by atoms with E-state index in [4.69, 9.17) is 14.2 Å². The molecule has 2 aliphatic heterocycles. The van der Waals surface area contributed by atoms with Crippen LogP contribution in [0.3, 0.4) is 0 Å². The number of aromatic nitrogens is 5. The number of phenols is 1. The number of ether oxygens (including phenoxy) is 3. The average molecular weight is 692 g/mol. The highest BCUT2D eigenvalue weighted by Crippen LogP contribution is 2.49. The number of aryl methyl sites for hydroxylation is 2. The first-order valence-electron chi connectivity index (χ1n) is 16.4. The SMILES string of the molecule is COc1cc2nc(CCn3c(=O)n4n(c3=O)[C@@H]3CC5=C(C(=O)C=C(C)C5=O)[C@@H](C5=COc6ccc(O)cc6C5)C3=CC4)c(=O)n(C)c2cc1OC. The summed E-state index contributed by atoms with van der Waals surface area (Å²) in [5.41, 5.74) is 2.64. The van der Waals surface area contributed by atoms with Crippen LogP contribution in [0.1, 0.15) is 30.6 Å². The summed E-state index contributed by atoms with van der Waals surface area (Å²) in [4.78, 5) is 73.1. The summed E-state index contributed by atoms with van der Waals surface area (Å²) < 4.78 is 21.9. The minimum Gasteiger partial charge on any atom is -0.508 e. The van der Waals surface area contributed by atoms with Gasteiger partial charge >= 0.3 is 11.4 Å². The zero-order chi connectivity index (χ0) is 35.9. The number of hydrogen-bond donors (Lipinski definition) is 1. The third-order valence-corrected chi connectivity index (χ3v) is 10.3. The second kappa shape index (κ2) is 11.7. The van der Waals surface area contributed by atoms with Crippen LogP contribution in [0.15, 0.2) is 91.0 Å². The lowest BCUT2D eigenvalue weighted by Gasteiger charge is -2.40. The van der Waals surface area contributed by atoms with Crippen molar-refractivity contribution in [2.45, 2.75) is 45.3 Å². The number of benzene rings is 2. The number of aromatic hydroxyl groups is 1. The predicted molar refractivity (Wildman–Crippen MR) is 183 cm³/mol. The zero-order valence-electron chi connectivity index (χ0n) is 28.3. The van der Waals surface area contributed by atoms with Crippen molar-refractivity contribution in [3.8, 4) is 23.0 Å². The van der Waals surface area contributed by atoms with Gasteiger partial charge in [0.2, 0.25) is 0 Å². The highest BCUT2D eigenvalue weighted by molar-refractivity contribution is 6.23. The van der Waals surface area contributed by atoms with Crippen LogP contribution in [0.25, 0.3) is 11.0 Å². The van der Waals surface area contributed by atoms with Gasteiger partial charge in [0, 0.05) is 73.2 Å². The highest BCUT2D eigenvalue weighted by atomic mass is 16.5. The van der Waals surface area contributed by atoms with Crippen molar-refractivity contribution >= 4 is 22.6 Å². The first kappa shape index (κ1) is 32.0. The Morgan fingerprint density at radius 2 is 1.78 bits per heavy atom. The molecule has 0 unspecified atom stereocenters. The quantitative estimate of drug-likeness (QED) is 0.235. The van der Waals surface area contributed by atoms with Gasteiger partial charge in [0.25, 0.3) is 5.56 Å². The molecule has 0 spiro atoms. The van der Waals surface area contributed by atoms with E-state index in [-0.39, 0.29) is 54.5 Å². The lowest BCUT2D eigenvalue weighted by atomic mass is 9.67. The van der Waals surface area contributed by atoms with Gasteiger partial charge in [-0.2, -0.15) is 0 Å². The van der Waals surface area contributed by atoms with Crippen LogP contribution in [-0.4, -0.2) is 54.4 Å². The van der Waals surface area contributed by atoms with Gasteiger partial charge in [0.05, 0.1) is 44.1 Å². The van der Waals surface area contributed by atoms with Crippen molar-refractivity contribution in [3.63, 3.8) is 0 Å². The predicted octanol–water partition coefficient (Wildman–Crippen LogP) is 2.44. The van der Waals surface area contributed by atoms with Crippen molar-refractivity contribution in [3.05, 3.63) is 119 Å². The van der Waals surface area contributed by atoms with E-state index in [1.807, 2.05) is 6.08 Å². The van der Waals surface area contributed by atoms with Crippen LogP contribution in [0, 0.1) is 5.92 Å². The molecule has 0 amide bonds. The molecule has 0 saturated carbocycles. The Labute approximate surface area is 289 Å². The van der Waals surface area contributed by atoms with E-state index in [2.05, 4.69) is 4.98 Å². The first-order valence-corrected chi connectivity index (χ1v) is 16.4. The molecule has 0 radical (unpaired) electrons. The molecule has 51 heavy (non-hydrogen) atoms. The molecule has 2 atom stereocenters. The fourth-order valence-corrected chi connectivity index (χ4v) is 7.79. The third kappa shape index (κ3) is 4.84. The summed E-state index contributed by atoms with van der Waals surface area (Å²) in [6, 6.07) is 7.35. The van der Waals surface area contributed by atoms with E-state index in [0.29, 0.717) is 68.1 Å². The second-order valence-corrected chi connectivity index (χ2v) is 13.1. The lowest BCUT2D eigenvalue weighted by molar-refractivity contribution is -0.116. The molecule has 2 aliphatic carbocycles. The van der Waals surface area contributed by atoms with Gasteiger partial charge in [-0.3, -0.25) is 14.4 Å². The molecule has 2 aromatic carbocycles. The number of phenolic OH excluding ortho intramolecular Hbond substituents is 1. The van der Waals surface area contributed by atoms with E-state index in [1.54, 1.807) is 44.5 Å². The Balaban J connectivity index is 1.18. The zero-order valence-corrected chi connectivity index (χ0v) is 28.3. The van der Waals surface area contributed by atoms with Crippen molar-refractivity contribution in [1.29, 1.82) is 0 Å². The van der Waals surface area contributed by atoms with Gasteiger partial charge in [-0.1, -0.05) is 6.08 Å². The molecule has 4 heterocycles. The van der Waals surface area contributed by atoms with E-state index in [9.17, 15) is 29.1 Å². The minimum atomic E-state index is -0.743. The summed E-state index contributed by atoms with van der Waals surface area (Å²) in [7, 11) is 4.60. The molecule has 4 aliphatic rings. The molecule has 8 rings (SSSR count). The summed E-state index contributed by atoms with van der Waals surface area (Å²) >= 11 is 0. The minimum absolute atomic E-state index is 0.00749. The maximum absolute atomic E-state index is 14.2. The average Bonchev–Trinajstić information content (AvgIpc) is 3.37. The maximum Gasteiger partial charge on any atom is 0.347 e. The number of nitrogens with zero attached hydrogens (tertiary/aromatic N) is 5. The number of Topliss-reactive ketones (excluding diaryl/α,β-unsaturated/α-hetero) is 1. The Morgan fingerprint density at radius 1 is 1.02 bits per heavy atom. The van der Waals surface area contributed by atoms with Gasteiger partial charge in [-0.05, 0) is 42.3 Å². The van der Waals surface area contributed by atoms with Crippen molar-refractivity contribution in [1.82, 2.24) is 23.5 Å². The largest absolute Gasteiger partial charge is 0.508 e. The molecule has 4 aromatic rings. The Hall–Kier alpha value is -6.18. The summed E-state index contributed by atoms with van der Waals surface area (Å²) in [6.45, 7) is 1.51. The molecule has 14 nitrogen and oxygen atoms in total. The van der Waals surface area contributed by atoms with Crippen LogP contribution in [-0.2, 0) is 42.6 Å². The van der Waals surface area contributed by atoms with Gasteiger partial charge in [-0.25, -0.2) is 28.5 Å². The molecular weight excluding hydrogens is 658 g/mol. The third-order valence-electron chi connectivity index (χ3n) is 10.3. The maximum atomic E-state index is 14.2. The number of fused-ring (bicyclic) bond motifs is 5. The molecule has 0 fully saturated rings. The van der Waals surface area contributed by atoms with Crippen LogP contribution in [0.5, 0.6) is 23.0 Å². The molecule has 14 heteroatoms. The normalized spacial score (nSPS) is 19.3.